The predicted molar refractivity (Wildman–Crippen MR) is 65.1 cm³/mol. The zero-order valence-electron chi connectivity index (χ0n) is 10.4. The molecule has 1 aliphatic rings. The lowest BCUT2D eigenvalue weighted by atomic mass is 9.91. The van der Waals surface area contributed by atoms with Crippen LogP contribution in [0.25, 0.3) is 0 Å². The average molecular weight is 211 g/mol. The molecule has 0 heterocycles. The number of hydrogen-bond acceptors (Lipinski definition) is 2. The molecule has 0 saturated carbocycles. The van der Waals surface area contributed by atoms with E-state index in [9.17, 15) is 0 Å². The Kier molecular flexibility index (Phi) is 5.96. The molecule has 0 fully saturated rings. The molecule has 2 nitrogen and oxygen atoms in total. The number of likely N-dealkylation sites (N-methyl/N-ethyl adjacent to an activating group) is 1. The van der Waals surface area contributed by atoms with E-state index < -0.39 is 0 Å². The van der Waals surface area contributed by atoms with Gasteiger partial charge in [0.05, 0.1) is 6.10 Å². The monoisotopic (exact) mass is 211 g/mol. The molecule has 15 heavy (non-hydrogen) atoms. The van der Waals surface area contributed by atoms with E-state index in [1.165, 1.54) is 32.1 Å². The molecular formula is C13H25NO. The highest BCUT2D eigenvalue weighted by Gasteiger charge is 2.15. The molecule has 1 aliphatic carbocycles. The molecule has 0 aliphatic heterocycles. The third-order valence-corrected chi connectivity index (χ3v) is 3.39. The van der Waals surface area contributed by atoms with Gasteiger partial charge in [-0.1, -0.05) is 11.6 Å². The second-order valence-electron chi connectivity index (χ2n) is 4.49. The Morgan fingerprint density at radius 1 is 1.40 bits per heavy atom. The molecule has 0 amide bonds. The number of nitrogens with one attached hydrogen (secondary N) is 1. The first-order valence-electron chi connectivity index (χ1n) is 6.17. The highest BCUT2D eigenvalue weighted by Crippen LogP contribution is 2.22. The van der Waals surface area contributed by atoms with Crippen molar-refractivity contribution in [2.75, 3.05) is 14.2 Å². The Hall–Kier alpha value is -0.340. The molecule has 2 unspecified atom stereocenters. The van der Waals surface area contributed by atoms with Crippen molar-refractivity contribution in [3.63, 3.8) is 0 Å². The summed E-state index contributed by atoms with van der Waals surface area (Å²) in [5, 5.41) is 3.43. The summed E-state index contributed by atoms with van der Waals surface area (Å²) in [5.74, 6) is 0. The van der Waals surface area contributed by atoms with Gasteiger partial charge in [0.25, 0.3) is 0 Å². The highest BCUT2D eigenvalue weighted by atomic mass is 16.5. The van der Waals surface area contributed by atoms with E-state index in [2.05, 4.69) is 25.4 Å². The van der Waals surface area contributed by atoms with Crippen LogP contribution in [-0.4, -0.2) is 26.3 Å². The summed E-state index contributed by atoms with van der Waals surface area (Å²) in [6, 6.07) is 0.572. The maximum Gasteiger partial charge on any atom is 0.0543 e. The van der Waals surface area contributed by atoms with Crippen molar-refractivity contribution in [2.45, 2.75) is 57.6 Å². The first-order valence-corrected chi connectivity index (χ1v) is 6.17. The summed E-state index contributed by atoms with van der Waals surface area (Å²) in [7, 11) is 3.86. The van der Waals surface area contributed by atoms with Crippen LogP contribution in [0.3, 0.4) is 0 Å². The number of methoxy groups -OCH3 is 1. The zero-order valence-corrected chi connectivity index (χ0v) is 10.4. The van der Waals surface area contributed by atoms with Crippen LogP contribution in [-0.2, 0) is 4.74 Å². The van der Waals surface area contributed by atoms with Gasteiger partial charge in [0.2, 0.25) is 0 Å². The molecule has 0 saturated heterocycles. The van der Waals surface area contributed by atoms with E-state index in [-0.39, 0.29) is 0 Å². The molecule has 0 bridgehead atoms. The van der Waals surface area contributed by atoms with Crippen molar-refractivity contribution in [2.24, 2.45) is 0 Å². The second kappa shape index (κ2) is 7.02. The summed E-state index contributed by atoms with van der Waals surface area (Å²) in [6.07, 6.45) is 10.4. The molecule has 0 aromatic rings. The van der Waals surface area contributed by atoms with Crippen molar-refractivity contribution < 1.29 is 4.74 Å². The van der Waals surface area contributed by atoms with Crippen molar-refractivity contribution >= 4 is 0 Å². The minimum Gasteiger partial charge on any atom is -0.382 e. The Morgan fingerprint density at radius 2 is 2.20 bits per heavy atom. The largest absolute Gasteiger partial charge is 0.382 e. The fraction of sp³-hybridized carbons (Fsp3) is 0.846. The topological polar surface area (TPSA) is 21.3 Å². The van der Waals surface area contributed by atoms with E-state index in [1.54, 1.807) is 12.7 Å². The van der Waals surface area contributed by atoms with Crippen molar-refractivity contribution in [1.29, 1.82) is 0 Å². The van der Waals surface area contributed by atoms with E-state index in [0.29, 0.717) is 12.1 Å². The van der Waals surface area contributed by atoms with Crippen molar-refractivity contribution in [3.05, 3.63) is 11.6 Å². The van der Waals surface area contributed by atoms with Crippen molar-refractivity contribution in [3.8, 4) is 0 Å². The molecule has 0 aromatic carbocycles. The Balaban J connectivity index is 2.37. The predicted octanol–water partition coefficient (Wildman–Crippen LogP) is 2.89. The maximum atomic E-state index is 5.29. The Morgan fingerprint density at radius 3 is 2.73 bits per heavy atom. The normalized spacial score (nSPS) is 20.9. The lowest BCUT2D eigenvalue weighted by Crippen LogP contribution is -2.29. The van der Waals surface area contributed by atoms with Crippen LogP contribution in [0.15, 0.2) is 11.6 Å². The van der Waals surface area contributed by atoms with Gasteiger partial charge in [0, 0.05) is 13.2 Å². The fourth-order valence-electron chi connectivity index (χ4n) is 2.21. The molecule has 0 aromatic heterocycles. The highest BCUT2D eigenvalue weighted by molar-refractivity contribution is 5.12. The van der Waals surface area contributed by atoms with E-state index in [4.69, 9.17) is 4.74 Å². The lowest BCUT2D eigenvalue weighted by molar-refractivity contribution is 0.107. The van der Waals surface area contributed by atoms with E-state index in [1.807, 2.05) is 0 Å². The molecule has 1 N–H and O–H groups in total. The lowest BCUT2D eigenvalue weighted by Gasteiger charge is -2.24. The average Bonchev–Trinajstić information content (AvgIpc) is 2.31. The Bertz CT molecular complexity index is 201. The van der Waals surface area contributed by atoms with Gasteiger partial charge in [0.15, 0.2) is 0 Å². The van der Waals surface area contributed by atoms with Gasteiger partial charge >= 0.3 is 0 Å². The van der Waals surface area contributed by atoms with Crippen LogP contribution in [0.1, 0.15) is 45.4 Å². The number of rotatable bonds is 6. The number of allylic oxidation sites excluding steroid dienone is 1. The summed E-state index contributed by atoms with van der Waals surface area (Å²) >= 11 is 0. The third kappa shape index (κ3) is 4.35. The molecule has 2 heteroatoms. The summed E-state index contributed by atoms with van der Waals surface area (Å²) in [5.41, 5.74) is 1.62. The number of ether oxygens (including phenoxy) is 1. The summed E-state index contributed by atoms with van der Waals surface area (Å²) < 4.78 is 5.29. The Labute approximate surface area is 94.1 Å². The van der Waals surface area contributed by atoms with Crippen LogP contribution in [0, 0.1) is 0 Å². The maximum absolute atomic E-state index is 5.29. The van der Waals surface area contributed by atoms with E-state index in [0.717, 1.165) is 6.42 Å². The van der Waals surface area contributed by atoms with Gasteiger partial charge in [-0.15, -0.1) is 0 Å². The molecule has 0 radical (unpaired) electrons. The van der Waals surface area contributed by atoms with Gasteiger partial charge in [-0.2, -0.15) is 0 Å². The van der Waals surface area contributed by atoms with Gasteiger partial charge in [-0.25, -0.2) is 0 Å². The molecule has 0 spiro atoms. The van der Waals surface area contributed by atoms with Crippen LogP contribution in [0.2, 0.25) is 0 Å². The van der Waals surface area contributed by atoms with Crippen LogP contribution < -0.4 is 5.32 Å². The van der Waals surface area contributed by atoms with Gasteiger partial charge < -0.3 is 10.1 Å². The van der Waals surface area contributed by atoms with Gasteiger partial charge in [0.1, 0.15) is 0 Å². The van der Waals surface area contributed by atoms with E-state index >= 15 is 0 Å². The van der Waals surface area contributed by atoms with Crippen LogP contribution in [0.5, 0.6) is 0 Å². The van der Waals surface area contributed by atoms with Gasteiger partial charge in [-0.05, 0) is 52.5 Å². The third-order valence-electron chi connectivity index (χ3n) is 3.39. The SMILES string of the molecule is CNC(CCC(C)OC)C1=CCCCC1. The molecule has 88 valence electrons. The number of hydrogen-bond donors (Lipinski definition) is 1. The fourth-order valence-corrected chi connectivity index (χ4v) is 2.21. The quantitative estimate of drug-likeness (QED) is 0.682. The van der Waals surface area contributed by atoms with Gasteiger partial charge in [-0.3, -0.25) is 0 Å². The molecular weight excluding hydrogens is 186 g/mol. The minimum absolute atomic E-state index is 0.380. The molecule has 2 atom stereocenters. The first kappa shape index (κ1) is 12.7. The smallest absolute Gasteiger partial charge is 0.0543 e. The summed E-state index contributed by atoms with van der Waals surface area (Å²) in [4.78, 5) is 0. The second-order valence-corrected chi connectivity index (χ2v) is 4.49. The minimum atomic E-state index is 0.380. The van der Waals surface area contributed by atoms with Crippen molar-refractivity contribution in [1.82, 2.24) is 5.32 Å². The zero-order chi connectivity index (χ0) is 11.1. The molecule has 1 rings (SSSR count). The summed E-state index contributed by atoms with van der Waals surface area (Å²) in [6.45, 7) is 2.14. The van der Waals surface area contributed by atoms with Crippen LogP contribution >= 0.6 is 0 Å². The van der Waals surface area contributed by atoms with Crippen LogP contribution in [0.4, 0.5) is 0 Å². The first-order chi connectivity index (χ1) is 7.27. The standard InChI is InChI=1S/C13H25NO/c1-11(15-3)9-10-13(14-2)12-7-5-4-6-8-12/h7,11,13-14H,4-6,8-10H2,1-3H3.